The topological polar surface area (TPSA) is 62.7 Å². The van der Waals surface area contributed by atoms with Crippen LogP contribution in [0.2, 0.25) is 10.0 Å². The second-order valence-corrected chi connectivity index (χ2v) is 6.13. The lowest BCUT2D eigenvalue weighted by Crippen LogP contribution is -2.18. The SMILES string of the molecule is CCC(C)(CC#N)Cc1nc(-c2ccc(Cl)c(Cl)c2)no1. The molecule has 1 unspecified atom stereocenters. The van der Waals surface area contributed by atoms with Crippen LogP contribution in [0.4, 0.5) is 0 Å². The lowest BCUT2D eigenvalue weighted by Gasteiger charge is -2.22. The standard InChI is InChI=1S/C15H15Cl2N3O/c1-3-15(2,6-7-18)9-13-19-14(20-21-13)10-4-5-11(16)12(17)8-10/h4-5,8H,3,6,9H2,1-2H3. The largest absolute Gasteiger partial charge is 0.339 e. The molecule has 1 atom stereocenters. The zero-order valence-electron chi connectivity index (χ0n) is 11.9. The van der Waals surface area contributed by atoms with Gasteiger partial charge in [-0.05, 0) is 30.0 Å². The van der Waals surface area contributed by atoms with E-state index in [0.717, 1.165) is 12.0 Å². The van der Waals surface area contributed by atoms with Crippen molar-refractivity contribution in [3.63, 3.8) is 0 Å². The van der Waals surface area contributed by atoms with E-state index in [0.29, 0.717) is 34.6 Å². The van der Waals surface area contributed by atoms with E-state index < -0.39 is 0 Å². The molecule has 1 heterocycles. The summed E-state index contributed by atoms with van der Waals surface area (Å²) < 4.78 is 5.29. The van der Waals surface area contributed by atoms with E-state index in [-0.39, 0.29) is 5.41 Å². The van der Waals surface area contributed by atoms with E-state index in [4.69, 9.17) is 33.0 Å². The fraction of sp³-hybridized carbons (Fsp3) is 0.400. The summed E-state index contributed by atoms with van der Waals surface area (Å²) in [4.78, 5) is 4.38. The van der Waals surface area contributed by atoms with Crippen molar-refractivity contribution in [2.45, 2.75) is 33.1 Å². The van der Waals surface area contributed by atoms with Gasteiger partial charge in [-0.15, -0.1) is 0 Å². The molecule has 1 aromatic carbocycles. The molecule has 0 radical (unpaired) electrons. The van der Waals surface area contributed by atoms with E-state index >= 15 is 0 Å². The van der Waals surface area contributed by atoms with Crippen LogP contribution in [0, 0.1) is 16.7 Å². The van der Waals surface area contributed by atoms with Crippen molar-refractivity contribution in [1.82, 2.24) is 10.1 Å². The number of aromatic nitrogens is 2. The van der Waals surface area contributed by atoms with Crippen molar-refractivity contribution < 1.29 is 4.52 Å². The highest BCUT2D eigenvalue weighted by Gasteiger charge is 2.25. The van der Waals surface area contributed by atoms with Gasteiger partial charge >= 0.3 is 0 Å². The van der Waals surface area contributed by atoms with E-state index in [2.05, 4.69) is 16.2 Å². The fourth-order valence-electron chi connectivity index (χ4n) is 1.95. The number of benzene rings is 1. The highest BCUT2D eigenvalue weighted by atomic mass is 35.5. The molecular weight excluding hydrogens is 309 g/mol. The summed E-state index contributed by atoms with van der Waals surface area (Å²) in [5.41, 5.74) is 0.591. The van der Waals surface area contributed by atoms with Crippen LogP contribution in [0.1, 0.15) is 32.6 Å². The average Bonchev–Trinajstić information content (AvgIpc) is 2.90. The molecular formula is C15H15Cl2N3O. The number of halogens is 2. The first kappa shape index (κ1) is 15.8. The molecule has 0 saturated carbocycles. The van der Waals surface area contributed by atoms with Crippen molar-refractivity contribution >= 4 is 23.2 Å². The maximum atomic E-state index is 8.91. The molecule has 0 aliphatic carbocycles. The van der Waals surface area contributed by atoms with Gasteiger partial charge in [-0.2, -0.15) is 10.2 Å². The van der Waals surface area contributed by atoms with E-state index in [1.54, 1.807) is 18.2 Å². The number of hydrogen-bond donors (Lipinski definition) is 0. The van der Waals surface area contributed by atoms with Crippen molar-refractivity contribution in [2.75, 3.05) is 0 Å². The van der Waals surface area contributed by atoms with Crippen LogP contribution >= 0.6 is 23.2 Å². The molecule has 0 N–H and O–H groups in total. The van der Waals surface area contributed by atoms with Gasteiger partial charge in [-0.1, -0.05) is 42.2 Å². The first-order valence-corrected chi connectivity index (χ1v) is 7.38. The molecule has 0 bridgehead atoms. The van der Waals surface area contributed by atoms with E-state index in [1.165, 1.54) is 0 Å². The van der Waals surface area contributed by atoms with Crippen molar-refractivity contribution in [2.24, 2.45) is 5.41 Å². The smallest absolute Gasteiger partial charge is 0.227 e. The summed E-state index contributed by atoms with van der Waals surface area (Å²) in [6, 6.07) is 7.40. The molecule has 0 aliphatic rings. The fourth-order valence-corrected chi connectivity index (χ4v) is 2.25. The maximum Gasteiger partial charge on any atom is 0.227 e. The van der Waals surface area contributed by atoms with Gasteiger partial charge < -0.3 is 4.52 Å². The van der Waals surface area contributed by atoms with Gasteiger partial charge in [0, 0.05) is 18.4 Å². The summed E-state index contributed by atoms with van der Waals surface area (Å²) in [6.45, 7) is 4.09. The Morgan fingerprint density at radius 2 is 2.10 bits per heavy atom. The first-order chi connectivity index (χ1) is 9.97. The highest BCUT2D eigenvalue weighted by Crippen LogP contribution is 2.31. The minimum atomic E-state index is -0.157. The van der Waals surface area contributed by atoms with Gasteiger partial charge in [-0.25, -0.2) is 0 Å². The quantitative estimate of drug-likeness (QED) is 0.783. The maximum absolute atomic E-state index is 8.91. The van der Waals surface area contributed by atoms with Gasteiger partial charge in [0.1, 0.15) is 0 Å². The zero-order valence-corrected chi connectivity index (χ0v) is 13.4. The van der Waals surface area contributed by atoms with Crippen molar-refractivity contribution in [3.05, 3.63) is 34.1 Å². The minimum absolute atomic E-state index is 0.157. The number of rotatable bonds is 5. The Hall–Kier alpha value is -1.57. The Balaban J connectivity index is 2.22. The third kappa shape index (κ3) is 3.75. The summed E-state index contributed by atoms with van der Waals surface area (Å²) in [6.07, 6.45) is 1.89. The molecule has 2 rings (SSSR count). The Bertz CT molecular complexity index is 678. The minimum Gasteiger partial charge on any atom is -0.339 e. The molecule has 21 heavy (non-hydrogen) atoms. The molecule has 0 aliphatic heterocycles. The third-order valence-electron chi connectivity index (χ3n) is 3.58. The lowest BCUT2D eigenvalue weighted by molar-refractivity contribution is 0.266. The van der Waals surface area contributed by atoms with Crippen LogP contribution in [0.5, 0.6) is 0 Å². The molecule has 2 aromatic rings. The highest BCUT2D eigenvalue weighted by molar-refractivity contribution is 6.42. The molecule has 0 fully saturated rings. The zero-order chi connectivity index (χ0) is 15.5. The molecule has 110 valence electrons. The molecule has 0 spiro atoms. The van der Waals surface area contributed by atoms with Gasteiger partial charge in [0.05, 0.1) is 16.1 Å². The van der Waals surface area contributed by atoms with Gasteiger partial charge in [0.25, 0.3) is 0 Å². The molecule has 6 heteroatoms. The van der Waals surface area contributed by atoms with Gasteiger partial charge in [0.15, 0.2) is 0 Å². The predicted molar refractivity (Wildman–Crippen MR) is 82.1 cm³/mol. The Morgan fingerprint density at radius 3 is 2.71 bits per heavy atom. The van der Waals surface area contributed by atoms with Crippen LogP contribution in [-0.4, -0.2) is 10.1 Å². The summed E-state index contributed by atoms with van der Waals surface area (Å²) >= 11 is 11.9. The van der Waals surface area contributed by atoms with Crippen LogP contribution in [0.25, 0.3) is 11.4 Å². The molecule has 0 amide bonds. The summed E-state index contributed by atoms with van der Waals surface area (Å²) in [7, 11) is 0. The lowest BCUT2D eigenvalue weighted by atomic mass is 9.81. The molecule has 0 saturated heterocycles. The number of nitriles is 1. The third-order valence-corrected chi connectivity index (χ3v) is 4.32. The van der Waals surface area contributed by atoms with Crippen molar-refractivity contribution in [1.29, 1.82) is 5.26 Å². The first-order valence-electron chi connectivity index (χ1n) is 6.62. The van der Waals surface area contributed by atoms with Crippen molar-refractivity contribution in [3.8, 4) is 17.5 Å². The number of hydrogen-bond acceptors (Lipinski definition) is 4. The van der Waals surface area contributed by atoms with Gasteiger partial charge in [0.2, 0.25) is 11.7 Å². The van der Waals surface area contributed by atoms with E-state index in [1.807, 2.05) is 13.8 Å². The molecule has 1 aromatic heterocycles. The number of nitrogens with zero attached hydrogens (tertiary/aromatic N) is 3. The normalized spacial score (nSPS) is 13.7. The second-order valence-electron chi connectivity index (χ2n) is 5.32. The Morgan fingerprint density at radius 1 is 1.33 bits per heavy atom. The second kappa shape index (κ2) is 6.46. The Kier molecular flexibility index (Phi) is 4.87. The average molecular weight is 324 g/mol. The van der Waals surface area contributed by atoms with Crippen LogP contribution < -0.4 is 0 Å². The Labute approximate surface area is 133 Å². The van der Waals surface area contributed by atoms with Crippen LogP contribution in [-0.2, 0) is 6.42 Å². The molecule has 4 nitrogen and oxygen atoms in total. The van der Waals surface area contributed by atoms with Gasteiger partial charge in [-0.3, -0.25) is 0 Å². The van der Waals surface area contributed by atoms with E-state index in [9.17, 15) is 0 Å². The summed E-state index contributed by atoms with van der Waals surface area (Å²) in [5, 5.41) is 13.8. The van der Waals surface area contributed by atoms with Crippen LogP contribution in [0.15, 0.2) is 22.7 Å². The monoisotopic (exact) mass is 323 g/mol. The predicted octanol–water partition coefficient (Wildman–Crippen LogP) is 4.92. The summed E-state index contributed by atoms with van der Waals surface area (Å²) in [5.74, 6) is 0.995. The van der Waals surface area contributed by atoms with Crippen LogP contribution in [0.3, 0.4) is 0 Å².